The van der Waals surface area contributed by atoms with Gasteiger partial charge in [0.1, 0.15) is 0 Å². The number of carbonyl (C=O) groups excluding carboxylic acids is 2. The molecule has 2 heterocycles. The number of anilines is 2. The molecule has 2 amide bonds. The summed E-state index contributed by atoms with van der Waals surface area (Å²) in [7, 11) is 0. The summed E-state index contributed by atoms with van der Waals surface area (Å²) in [6.07, 6.45) is 0.838. The van der Waals surface area contributed by atoms with E-state index in [1.807, 2.05) is 43.0 Å². The molecular weight excluding hydrogens is 442 g/mol. The van der Waals surface area contributed by atoms with E-state index in [4.69, 9.17) is 0 Å². The second kappa shape index (κ2) is 9.90. The molecule has 1 aliphatic heterocycles. The van der Waals surface area contributed by atoms with Crippen molar-refractivity contribution in [3.63, 3.8) is 0 Å². The lowest BCUT2D eigenvalue weighted by atomic mass is 9.82. The van der Waals surface area contributed by atoms with Gasteiger partial charge < -0.3 is 15.1 Å². The van der Waals surface area contributed by atoms with E-state index < -0.39 is 5.41 Å². The van der Waals surface area contributed by atoms with Gasteiger partial charge in [-0.15, -0.1) is 0 Å². The number of fused-ring (bicyclic) bond motifs is 1. The molecule has 0 bridgehead atoms. The van der Waals surface area contributed by atoms with Gasteiger partial charge in [-0.2, -0.15) is 5.10 Å². The van der Waals surface area contributed by atoms with Gasteiger partial charge in [-0.3, -0.25) is 14.4 Å². The minimum Gasteiger partial charge on any atom is -0.339 e. The summed E-state index contributed by atoms with van der Waals surface area (Å²) in [5.74, 6) is 1.05. The zero-order valence-corrected chi connectivity index (χ0v) is 20.8. The van der Waals surface area contributed by atoms with Crippen LogP contribution in [0.5, 0.6) is 0 Å². The molecule has 0 unspecified atom stereocenters. The Labute approximate surface area is 205 Å². The Morgan fingerprint density at radius 3 is 2.34 bits per heavy atom. The van der Waals surface area contributed by atoms with Crippen molar-refractivity contribution >= 4 is 34.1 Å². The first-order valence-corrected chi connectivity index (χ1v) is 12.1. The van der Waals surface area contributed by atoms with E-state index in [1.54, 1.807) is 29.2 Å². The van der Waals surface area contributed by atoms with Crippen LogP contribution >= 0.6 is 0 Å². The highest BCUT2D eigenvalue weighted by Gasteiger charge is 2.34. The van der Waals surface area contributed by atoms with Gasteiger partial charge in [-0.05, 0) is 36.6 Å². The monoisotopic (exact) mass is 475 g/mol. The maximum absolute atomic E-state index is 13.2. The van der Waals surface area contributed by atoms with Gasteiger partial charge in [-0.25, -0.2) is 5.10 Å². The summed E-state index contributed by atoms with van der Waals surface area (Å²) in [6.45, 7) is 10.4. The lowest BCUT2D eigenvalue weighted by Gasteiger charge is -2.39. The highest BCUT2D eigenvalue weighted by atomic mass is 16.2. The molecule has 8 nitrogen and oxygen atoms in total. The molecule has 0 aliphatic carbocycles. The molecule has 8 heteroatoms. The van der Waals surface area contributed by atoms with Crippen LogP contribution in [0.4, 0.5) is 11.5 Å². The van der Waals surface area contributed by atoms with Crippen molar-refractivity contribution in [3.05, 3.63) is 64.4 Å². The molecule has 0 saturated carbocycles. The Hall–Kier alpha value is -3.68. The summed E-state index contributed by atoms with van der Waals surface area (Å²) in [6, 6.07) is 14.5. The molecule has 4 rings (SSSR count). The highest BCUT2D eigenvalue weighted by molar-refractivity contribution is 5.96. The van der Waals surface area contributed by atoms with Crippen molar-refractivity contribution in [3.8, 4) is 0 Å². The number of nitrogens with one attached hydrogen (secondary N) is 2. The Balaban J connectivity index is 1.44. The Morgan fingerprint density at radius 1 is 1.00 bits per heavy atom. The van der Waals surface area contributed by atoms with Crippen molar-refractivity contribution in [1.82, 2.24) is 20.0 Å². The fourth-order valence-corrected chi connectivity index (χ4v) is 4.91. The largest absolute Gasteiger partial charge is 0.339 e. The first-order valence-electron chi connectivity index (χ1n) is 12.1. The van der Waals surface area contributed by atoms with Crippen LogP contribution in [0.1, 0.15) is 44.5 Å². The molecule has 35 heavy (non-hydrogen) atoms. The molecule has 2 aromatic carbocycles. The topological polar surface area (TPSA) is 98.4 Å². The first-order chi connectivity index (χ1) is 16.7. The Morgan fingerprint density at radius 2 is 1.66 bits per heavy atom. The Kier molecular flexibility index (Phi) is 6.91. The minimum atomic E-state index is -0.403. The Bertz CT molecular complexity index is 1290. The molecular formula is C27H33N5O3. The molecule has 1 saturated heterocycles. The fourth-order valence-electron chi connectivity index (χ4n) is 4.91. The van der Waals surface area contributed by atoms with Gasteiger partial charge in [0.15, 0.2) is 5.82 Å². The van der Waals surface area contributed by atoms with E-state index in [-0.39, 0.29) is 17.4 Å². The van der Waals surface area contributed by atoms with E-state index in [9.17, 15) is 14.4 Å². The van der Waals surface area contributed by atoms with Gasteiger partial charge >= 0.3 is 0 Å². The summed E-state index contributed by atoms with van der Waals surface area (Å²) in [5, 5.41) is 11.1. The number of aromatic nitrogens is 2. The number of carbonyl (C=O) groups is 2. The standard InChI is InChI=1S/C27H33N5O3/c1-18(2)17-27(3,4)26(35)32-14-12-31(13-15-32)25(34)19-8-7-9-20(16-19)28-23-21-10-5-6-11-22(21)24(33)30-29-23/h5-11,16,18H,12-15,17H2,1-4H3,(H,28,29)(H,30,33). The summed E-state index contributed by atoms with van der Waals surface area (Å²) < 4.78 is 0. The lowest BCUT2D eigenvalue weighted by Crippen LogP contribution is -2.53. The summed E-state index contributed by atoms with van der Waals surface area (Å²) >= 11 is 0. The van der Waals surface area contributed by atoms with Gasteiger partial charge in [-0.1, -0.05) is 52.0 Å². The summed E-state index contributed by atoms with van der Waals surface area (Å²) in [4.78, 5) is 42.0. The average Bonchev–Trinajstić information content (AvgIpc) is 2.84. The number of H-pyrrole nitrogens is 1. The minimum absolute atomic E-state index is 0.0681. The van der Waals surface area contributed by atoms with E-state index in [2.05, 4.69) is 29.4 Å². The molecule has 0 atom stereocenters. The number of aromatic amines is 1. The second-order valence-corrected chi connectivity index (χ2v) is 10.2. The van der Waals surface area contributed by atoms with Gasteiger partial charge in [0.2, 0.25) is 5.91 Å². The molecule has 0 spiro atoms. The number of amides is 2. The van der Waals surface area contributed by atoms with Crippen molar-refractivity contribution < 1.29 is 9.59 Å². The van der Waals surface area contributed by atoms with Crippen LogP contribution in [0.25, 0.3) is 10.8 Å². The third-order valence-electron chi connectivity index (χ3n) is 6.42. The van der Waals surface area contributed by atoms with E-state index in [1.165, 1.54) is 0 Å². The molecule has 1 fully saturated rings. The maximum Gasteiger partial charge on any atom is 0.272 e. The normalized spacial score (nSPS) is 14.4. The first kappa shape index (κ1) is 24.4. The number of rotatable bonds is 6. The van der Waals surface area contributed by atoms with Gasteiger partial charge in [0, 0.05) is 48.2 Å². The average molecular weight is 476 g/mol. The van der Waals surface area contributed by atoms with Crippen LogP contribution in [0, 0.1) is 11.3 Å². The molecule has 0 radical (unpaired) electrons. The van der Waals surface area contributed by atoms with Crippen LogP contribution < -0.4 is 10.9 Å². The molecule has 1 aliphatic rings. The molecule has 3 aromatic rings. The predicted molar refractivity (Wildman–Crippen MR) is 138 cm³/mol. The van der Waals surface area contributed by atoms with E-state index in [0.29, 0.717) is 59.9 Å². The third kappa shape index (κ3) is 5.37. The SMILES string of the molecule is CC(C)CC(C)(C)C(=O)N1CCN(C(=O)c2cccc(Nc3n[nH]c(=O)c4ccccc34)c2)CC1. The third-order valence-corrected chi connectivity index (χ3v) is 6.42. The van der Waals surface area contributed by atoms with Crippen LogP contribution in [0.2, 0.25) is 0 Å². The van der Waals surface area contributed by atoms with Crippen LogP contribution in [0.3, 0.4) is 0 Å². The molecule has 2 N–H and O–H groups in total. The number of hydrogen-bond donors (Lipinski definition) is 2. The number of hydrogen-bond acceptors (Lipinski definition) is 5. The van der Waals surface area contributed by atoms with E-state index in [0.717, 1.165) is 6.42 Å². The lowest BCUT2D eigenvalue weighted by molar-refractivity contribution is -0.142. The predicted octanol–water partition coefficient (Wildman–Crippen LogP) is 4.02. The zero-order valence-electron chi connectivity index (χ0n) is 20.8. The summed E-state index contributed by atoms with van der Waals surface area (Å²) in [5.41, 5.74) is 0.606. The number of benzene rings is 2. The van der Waals surface area contributed by atoms with Crippen LogP contribution in [-0.4, -0.2) is 58.0 Å². The van der Waals surface area contributed by atoms with E-state index >= 15 is 0 Å². The number of nitrogens with zero attached hydrogens (tertiary/aromatic N) is 3. The maximum atomic E-state index is 13.2. The van der Waals surface area contributed by atoms with Crippen LogP contribution in [-0.2, 0) is 4.79 Å². The number of piperazine rings is 1. The van der Waals surface area contributed by atoms with Crippen molar-refractivity contribution in [2.45, 2.75) is 34.1 Å². The van der Waals surface area contributed by atoms with Crippen LogP contribution in [0.15, 0.2) is 53.3 Å². The fraction of sp³-hybridized carbons (Fsp3) is 0.407. The smallest absolute Gasteiger partial charge is 0.272 e. The van der Waals surface area contributed by atoms with Crippen molar-refractivity contribution in [2.75, 3.05) is 31.5 Å². The second-order valence-electron chi connectivity index (χ2n) is 10.2. The molecule has 184 valence electrons. The quantitative estimate of drug-likeness (QED) is 0.561. The highest BCUT2D eigenvalue weighted by Crippen LogP contribution is 2.28. The van der Waals surface area contributed by atoms with Crippen molar-refractivity contribution in [2.24, 2.45) is 11.3 Å². The van der Waals surface area contributed by atoms with Gasteiger partial charge in [0.25, 0.3) is 11.5 Å². The van der Waals surface area contributed by atoms with Crippen molar-refractivity contribution in [1.29, 1.82) is 0 Å². The zero-order chi connectivity index (χ0) is 25.2. The van der Waals surface area contributed by atoms with Gasteiger partial charge in [0.05, 0.1) is 5.39 Å². The molecule has 1 aromatic heterocycles.